The van der Waals surface area contributed by atoms with Crippen LogP contribution in [0.25, 0.3) is 5.69 Å². The molecule has 1 amide bonds. The molecule has 6 nitrogen and oxygen atoms in total. The van der Waals surface area contributed by atoms with Crippen molar-refractivity contribution in [3.8, 4) is 5.69 Å². The average molecular weight is 328 g/mol. The molecule has 1 saturated carbocycles. The number of rotatable bonds is 4. The standard InChI is InChI=1S/C18H24N4O2/c1-3-17(24)20-15-11-13(9-10-16(15)23)18-19-12(2)21-22(18)14-7-5-4-6-8-14/h4-8,13,15-16,23H,3,9-11H2,1-2H3,(H,20,24)/t13-,15+,16+/m0/s1. The van der Waals surface area contributed by atoms with Crippen LogP contribution >= 0.6 is 0 Å². The lowest BCUT2D eigenvalue weighted by atomic mass is 9.83. The van der Waals surface area contributed by atoms with Crippen molar-refractivity contribution in [2.45, 2.75) is 57.6 Å². The lowest BCUT2D eigenvalue weighted by Gasteiger charge is -2.33. The maximum atomic E-state index is 11.7. The van der Waals surface area contributed by atoms with Crippen LogP contribution in [-0.2, 0) is 4.79 Å². The smallest absolute Gasteiger partial charge is 0.220 e. The minimum Gasteiger partial charge on any atom is -0.391 e. The van der Waals surface area contributed by atoms with Crippen molar-refractivity contribution in [1.29, 1.82) is 0 Å². The number of hydrogen-bond acceptors (Lipinski definition) is 4. The van der Waals surface area contributed by atoms with Gasteiger partial charge >= 0.3 is 0 Å². The number of nitrogens with zero attached hydrogens (tertiary/aromatic N) is 3. The molecule has 0 radical (unpaired) electrons. The molecule has 3 atom stereocenters. The number of aromatic nitrogens is 3. The third kappa shape index (κ3) is 3.48. The molecular formula is C18H24N4O2. The number of para-hydroxylation sites is 1. The summed E-state index contributed by atoms with van der Waals surface area (Å²) in [5, 5.41) is 17.7. The second-order valence-corrected chi connectivity index (χ2v) is 6.37. The minimum atomic E-state index is -0.494. The van der Waals surface area contributed by atoms with Crippen molar-refractivity contribution >= 4 is 5.91 Å². The van der Waals surface area contributed by atoms with Gasteiger partial charge < -0.3 is 10.4 Å². The fourth-order valence-electron chi connectivity index (χ4n) is 3.31. The molecule has 1 fully saturated rings. The van der Waals surface area contributed by atoms with E-state index in [0.717, 1.165) is 23.8 Å². The Hall–Kier alpha value is -2.21. The first kappa shape index (κ1) is 16.6. The first-order valence-corrected chi connectivity index (χ1v) is 8.55. The number of hydrogen-bond donors (Lipinski definition) is 2. The Labute approximate surface area is 141 Å². The highest BCUT2D eigenvalue weighted by Crippen LogP contribution is 2.33. The Balaban J connectivity index is 1.85. The van der Waals surface area contributed by atoms with Crippen LogP contribution in [0, 0.1) is 6.92 Å². The predicted octanol–water partition coefficient (Wildman–Crippen LogP) is 2.10. The summed E-state index contributed by atoms with van der Waals surface area (Å²) in [5.74, 6) is 1.77. The summed E-state index contributed by atoms with van der Waals surface area (Å²) >= 11 is 0. The van der Waals surface area contributed by atoms with E-state index in [2.05, 4.69) is 15.4 Å². The summed E-state index contributed by atoms with van der Waals surface area (Å²) in [4.78, 5) is 16.3. The van der Waals surface area contributed by atoms with Crippen LogP contribution in [0.2, 0.25) is 0 Å². The van der Waals surface area contributed by atoms with Crippen LogP contribution in [-0.4, -0.2) is 37.9 Å². The van der Waals surface area contributed by atoms with Crippen molar-refractivity contribution in [3.63, 3.8) is 0 Å². The summed E-state index contributed by atoms with van der Waals surface area (Å²) in [5.41, 5.74) is 0.980. The fourth-order valence-corrected chi connectivity index (χ4v) is 3.31. The van der Waals surface area contributed by atoms with E-state index in [-0.39, 0.29) is 17.9 Å². The van der Waals surface area contributed by atoms with Gasteiger partial charge in [0.05, 0.1) is 17.8 Å². The normalized spacial score (nSPS) is 23.9. The molecule has 1 aromatic heterocycles. The van der Waals surface area contributed by atoms with Gasteiger partial charge in [0.2, 0.25) is 5.91 Å². The second-order valence-electron chi connectivity index (χ2n) is 6.37. The van der Waals surface area contributed by atoms with Crippen LogP contribution in [0.4, 0.5) is 0 Å². The van der Waals surface area contributed by atoms with Crippen LogP contribution in [0.1, 0.15) is 50.2 Å². The average Bonchev–Trinajstić information content (AvgIpc) is 2.99. The minimum absolute atomic E-state index is 0.0274. The summed E-state index contributed by atoms with van der Waals surface area (Å²) in [6, 6.07) is 9.71. The summed E-state index contributed by atoms with van der Waals surface area (Å²) in [6.07, 6.45) is 2.10. The van der Waals surface area contributed by atoms with Gasteiger partial charge in [0.15, 0.2) is 0 Å². The van der Waals surface area contributed by atoms with Crippen molar-refractivity contribution < 1.29 is 9.90 Å². The third-order valence-electron chi connectivity index (χ3n) is 4.59. The molecule has 1 aliphatic rings. The van der Waals surface area contributed by atoms with Gasteiger partial charge in [0.1, 0.15) is 11.6 Å². The van der Waals surface area contributed by atoms with E-state index >= 15 is 0 Å². The topological polar surface area (TPSA) is 80.0 Å². The number of amides is 1. The molecule has 128 valence electrons. The first-order chi connectivity index (χ1) is 11.6. The molecule has 24 heavy (non-hydrogen) atoms. The molecule has 0 aliphatic heterocycles. The summed E-state index contributed by atoms with van der Waals surface area (Å²) in [7, 11) is 0. The number of benzene rings is 1. The van der Waals surface area contributed by atoms with E-state index in [4.69, 9.17) is 0 Å². The lowest BCUT2D eigenvalue weighted by Crippen LogP contribution is -2.46. The molecule has 0 bridgehead atoms. The fraction of sp³-hybridized carbons (Fsp3) is 0.500. The van der Waals surface area contributed by atoms with Crippen molar-refractivity contribution in [3.05, 3.63) is 42.0 Å². The monoisotopic (exact) mass is 328 g/mol. The molecule has 1 aromatic carbocycles. The molecule has 2 N–H and O–H groups in total. The van der Waals surface area contributed by atoms with Crippen molar-refractivity contribution in [1.82, 2.24) is 20.1 Å². The van der Waals surface area contributed by atoms with Gasteiger partial charge in [-0.2, -0.15) is 5.10 Å². The van der Waals surface area contributed by atoms with Gasteiger partial charge in [-0.1, -0.05) is 25.1 Å². The molecule has 1 heterocycles. The summed E-state index contributed by atoms with van der Waals surface area (Å²) < 4.78 is 1.89. The number of aryl methyl sites for hydroxylation is 1. The van der Waals surface area contributed by atoms with Crippen molar-refractivity contribution in [2.24, 2.45) is 0 Å². The van der Waals surface area contributed by atoms with E-state index in [1.165, 1.54) is 0 Å². The highest BCUT2D eigenvalue weighted by Gasteiger charge is 2.33. The van der Waals surface area contributed by atoms with Crippen LogP contribution in [0.5, 0.6) is 0 Å². The van der Waals surface area contributed by atoms with Gasteiger partial charge in [-0.15, -0.1) is 0 Å². The Kier molecular flexibility index (Phi) is 4.94. The van der Waals surface area contributed by atoms with E-state index in [9.17, 15) is 9.90 Å². The third-order valence-corrected chi connectivity index (χ3v) is 4.59. The van der Waals surface area contributed by atoms with Gasteiger partial charge in [-0.3, -0.25) is 4.79 Å². The Bertz CT molecular complexity index is 698. The van der Waals surface area contributed by atoms with E-state index in [1.54, 1.807) is 0 Å². The summed E-state index contributed by atoms with van der Waals surface area (Å²) in [6.45, 7) is 3.70. The zero-order valence-electron chi connectivity index (χ0n) is 14.1. The molecule has 1 aliphatic carbocycles. The number of aliphatic hydroxyl groups excluding tert-OH is 1. The molecular weight excluding hydrogens is 304 g/mol. The van der Waals surface area contributed by atoms with Crippen molar-refractivity contribution in [2.75, 3.05) is 0 Å². The SMILES string of the molecule is CCC(=O)N[C@@H]1C[C@@H](c2nc(C)nn2-c2ccccc2)CC[C@H]1O. The number of nitrogens with one attached hydrogen (secondary N) is 1. The highest BCUT2D eigenvalue weighted by atomic mass is 16.3. The molecule has 0 spiro atoms. The number of carbonyl (C=O) groups excluding carboxylic acids is 1. The maximum absolute atomic E-state index is 11.7. The first-order valence-electron chi connectivity index (χ1n) is 8.55. The quantitative estimate of drug-likeness (QED) is 0.901. The molecule has 2 aromatic rings. The number of aliphatic hydroxyl groups is 1. The van der Waals surface area contributed by atoms with Crippen LogP contribution in [0.15, 0.2) is 30.3 Å². The second kappa shape index (κ2) is 7.13. The largest absolute Gasteiger partial charge is 0.391 e. The molecule has 0 saturated heterocycles. The van der Waals surface area contributed by atoms with E-state index in [0.29, 0.717) is 19.3 Å². The van der Waals surface area contributed by atoms with Crippen LogP contribution in [0.3, 0.4) is 0 Å². The molecule has 3 rings (SSSR count). The molecule has 0 unspecified atom stereocenters. The number of carbonyl (C=O) groups is 1. The predicted molar refractivity (Wildman–Crippen MR) is 90.9 cm³/mol. The zero-order valence-corrected chi connectivity index (χ0v) is 14.1. The van der Waals surface area contributed by atoms with Gasteiger partial charge in [-0.05, 0) is 38.3 Å². The Morgan fingerprint density at radius 2 is 2.08 bits per heavy atom. The Morgan fingerprint density at radius 1 is 1.33 bits per heavy atom. The lowest BCUT2D eigenvalue weighted by molar-refractivity contribution is -0.122. The van der Waals surface area contributed by atoms with E-state index in [1.807, 2.05) is 48.9 Å². The van der Waals surface area contributed by atoms with Crippen LogP contribution < -0.4 is 5.32 Å². The molecule has 6 heteroatoms. The Morgan fingerprint density at radius 3 is 2.79 bits per heavy atom. The van der Waals surface area contributed by atoms with Gasteiger partial charge in [-0.25, -0.2) is 9.67 Å². The van der Waals surface area contributed by atoms with E-state index < -0.39 is 6.10 Å². The highest BCUT2D eigenvalue weighted by molar-refractivity contribution is 5.75. The van der Waals surface area contributed by atoms with Gasteiger partial charge in [0.25, 0.3) is 0 Å². The zero-order chi connectivity index (χ0) is 17.1. The van der Waals surface area contributed by atoms with Gasteiger partial charge in [0, 0.05) is 12.3 Å². The maximum Gasteiger partial charge on any atom is 0.220 e.